The molecule has 1 aromatic carbocycles. The number of anilines is 1. The van der Waals surface area contributed by atoms with E-state index < -0.39 is 5.92 Å². The third kappa shape index (κ3) is 3.57. The third-order valence-corrected chi connectivity index (χ3v) is 7.06. The number of Topliss-reactive ketones (excluding diaryl/α,β-unsaturated/α-hetero) is 1. The summed E-state index contributed by atoms with van der Waals surface area (Å²) in [5.74, 6) is -0.130. The van der Waals surface area contributed by atoms with E-state index in [9.17, 15) is 15.2 Å². The molecule has 154 valence electrons. The molecular weight excluding hydrogens is 418 g/mol. The maximum absolute atomic E-state index is 13.0. The second-order valence-corrected chi connectivity index (χ2v) is 10.2. The lowest BCUT2D eigenvalue weighted by Gasteiger charge is -2.38. The molecule has 1 aromatic heterocycles. The Kier molecular flexibility index (Phi) is 5.54. The number of phenols is 1. The van der Waals surface area contributed by atoms with Crippen molar-refractivity contribution in [1.82, 2.24) is 10.2 Å². The van der Waals surface area contributed by atoms with Crippen molar-refractivity contribution in [2.75, 3.05) is 4.90 Å². The van der Waals surface area contributed by atoms with Crippen LogP contribution in [0.25, 0.3) is 0 Å². The average Bonchev–Trinajstić information content (AvgIpc) is 3.15. The van der Waals surface area contributed by atoms with Crippen molar-refractivity contribution in [3.8, 4) is 11.8 Å². The highest BCUT2D eigenvalue weighted by atomic mass is 32.2. The predicted octanol–water partition coefficient (Wildman–Crippen LogP) is 4.05. The van der Waals surface area contributed by atoms with Crippen LogP contribution in [-0.2, 0) is 4.79 Å². The van der Waals surface area contributed by atoms with Crippen LogP contribution in [0.2, 0.25) is 0 Å². The fourth-order valence-corrected chi connectivity index (χ4v) is 5.95. The first-order valence-electron chi connectivity index (χ1n) is 9.66. The Labute approximate surface area is 182 Å². The Morgan fingerprint density at radius 3 is 2.70 bits per heavy atom. The number of nitrogens with two attached hydrogens (primary N) is 1. The largest absolute Gasteiger partial charge is 0.508 e. The summed E-state index contributed by atoms with van der Waals surface area (Å²) in [5.41, 5.74) is 8.95. The van der Waals surface area contributed by atoms with Crippen LogP contribution in [0.15, 0.2) is 51.3 Å². The molecule has 9 heteroatoms. The van der Waals surface area contributed by atoms with Gasteiger partial charge < -0.3 is 10.8 Å². The molecular formula is C21H21N5O2S2. The summed E-state index contributed by atoms with van der Waals surface area (Å²) in [4.78, 5) is 14.8. The molecule has 2 heterocycles. The van der Waals surface area contributed by atoms with Crippen molar-refractivity contribution >= 4 is 34.0 Å². The second-order valence-electron chi connectivity index (χ2n) is 7.42. The van der Waals surface area contributed by atoms with Gasteiger partial charge >= 0.3 is 0 Å². The van der Waals surface area contributed by atoms with Gasteiger partial charge in [-0.1, -0.05) is 49.1 Å². The third-order valence-electron chi connectivity index (χ3n) is 5.06. The van der Waals surface area contributed by atoms with Gasteiger partial charge in [0.15, 0.2) is 10.1 Å². The zero-order valence-electron chi connectivity index (χ0n) is 16.6. The monoisotopic (exact) mass is 439 g/mol. The highest BCUT2D eigenvalue weighted by Crippen LogP contribution is 2.47. The molecule has 1 atom stereocenters. The first kappa shape index (κ1) is 20.4. The first-order valence-corrected chi connectivity index (χ1v) is 11.4. The quantitative estimate of drug-likeness (QED) is 0.686. The van der Waals surface area contributed by atoms with E-state index in [1.165, 1.54) is 11.3 Å². The number of thioether (sulfide) groups is 1. The average molecular weight is 440 g/mol. The molecule has 1 aliphatic heterocycles. The van der Waals surface area contributed by atoms with Crippen LogP contribution in [0, 0.1) is 11.3 Å². The van der Waals surface area contributed by atoms with Gasteiger partial charge in [-0.15, -0.1) is 10.2 Å². The molecule has 1 aliphatic carbocycles. The lowest BCUT2D eigenvalue weighted by Crippen LogP contribution is -2.38. The minimum Gasteiger partial charge on any atom is -0.508 e. The molecule has 0 saturated carbocycles. The van der Waals surface area contributed by atoms with Gasteiger partial charge in [0.1, 0.15) is 11.6 Å². The lowest BCUT2D eigenvalue weighted by molar-refractivity contribution is -0.116. The Balaban J connectivity index is 1.88. The van der Waals surface area contributed by atoms with Crippen LogP contribution >= 0.6 is 23.1 Å². The highest BCUT2D eigenvalue weighted by molar-refractivity contribution is 8.01. The van der Waals surface area contributed by atoms with Crippen LogP contribution in [0.4, 0.5) is 5.13 Å². The van der Waals surface area contributed by atoms with E-state index in [1.807, 2.05) is 0 Å². The minimum absolute atomic E-state index is 0.0147. The van der Waals surface area contributed by atoms with Crippen LogP contribution < -0.4 is 10.6 Å². The molecule has 1 unspecified atom stereocenters. The van der Waals surface area contributed by atoms with E-state index in [1.54, 1.807) is 40.9 Å². The van der Waals surface area contributed by atoms with Crippen LogP contribution in [0.5, 0.6) is 5.75 Å². The summed E-state index contributed by atoms with van der Waals surface area (Å²) >= 11 is 3.01. The summed E-state index contributed by atoms with van der Waals surface area (Å²) in [6.45, 7) is 4.16. The molecule has 7 nitrogen and oxygen atoms in total. The van der Waals surface area contributed by atoms with Crippen molar-refractivity contribution in [2.24, 2.45) is 5.73 Å². The predicted molar refractivity (Wildman–Crippen MR) is 117 cm³/mol. The number of nitriles is 1. The summed E-state index contributed by atoms with van der Waals surface area (Å²) in [7, 11) is 0. The number of hydrogen-bond donors (Lipinski definition) is 2. The Morgan fingerprint density at radius 1 is 1.30 bits per heavy atom. The summed E-state index contributed by atoms with van der Waals surface area (Å²) in [6, 6.07) is 8.80. The minimum atomic E-state index is -0.549. The topological polar surface area (TPSA) is 116 Å². The molecule has 0 bridgehead atoms. The molecule has 30 heavy (non-hydrogen) atoms. The smallest absolute Gasteiger partial charge is 0.219 e. The highest BCUT2D eigenvalue weighted by Gasteiger charge is 2.41. The van der Waals surface area contributed by atoms with Gasteiger partial charge in [-0.2, -0.15) is 5.26 Å². The van der Waals surface area contributed by atoms with Gasteiger partial charge in [-0.3, -0.25) is 9.69 Å². The normalized spacial score (nSPS) is 19.3. The van der Waals surface area contributed by atoms with E-state index >= 15 is 0 Å². The lowest BCUT2D eigenvalue weighted by atomic mass is 9.76. The molecule has 0 radical (unpaired) electrons. The van der Waals surface area contributed by atoms with E-state index in [0.29, 0.717) is 34.4 Å². The molecule has 2 aliphatic rings. The zero-order chi connectivity index (χ0) is 21.4. The first-order chi connectivity index (χ1) is 14.4. The van der Waals surface area contributed by atoms with E-state index in [-0.39, 0.29) is 17.4 Å². The van der Waals surface area contributed by atoms with Crippen molar-refractivity contribution in [2.45, 2.75) is 48.6 Å². The number of aromatic hydroxyl groups is 1. The molecule has 0 saturated heterocycles. The van der Waals surface area contributed by atoms with Gasteiger partial charge in [0.05, 0.1) is 17.6 Å². The molecule has 0 fully saturated rings. The van der Waals surface area contributed by atoms with Gasteiger partial charge in [0, 0.05) is 22.9 Å². The van der Waals surface area contributed by atoms with E-state index in [0.717, 1.165) is 22.0 Å². The molecule has 4 rings (SSSR count). The summed E-state index contributed by atoms with van der Waals surface area (Å²) in [5, 5.41) is 29.1. The number of carbonyl (C=O) groups is 1. The zero-order valence-corrected chi connectivity index (χ0v) is 18.3. The molecule has 0 amide bonds. The van der Waals surface area contributed by atoms with Crippen LogP contribution in [0.3, 0.4) is 0 Å². The number of phenolic OH excluding ortho intramolecular Hbond substituents is 1. The second kappa shape index (κ2) is 8.13. The van der Waals surface area contributed by atoms with Gasteiger partial charge in [0.2, 0.25) is 5.13 Å². The number of allylic oxidation sites excluding steroid dienone is 3. The standard InChI is InChI=1S/C21H21N5O2S2/c1-11(2)29-21-25-24-20(30-21)26-15-4-3-5-16(28)18(15)17(14(10-22)19(26)23)12-6-8-13(27)9-7-12/h6-9,11,17,27H,3-5,23H2,1-2H3. The van der Waals surface area contributed by atoms with Gasteiger partial charge in [-0.05, 0) is 30.5 Å². The SMILES string of the molecule is CC(C)Sc1nnc(N2C(N)=C(C#N)C(c3ccc(O)cc3)C3=C2CCCC3=O)s1. The van der Waals surface area contributed by atoms with E-state index in [4.69, 9.17) is 5.73 Å². The number of benzene rings is 1. The number of aromatic nitrogens is 2. The van der Waals surface area contributed by atoms with Crippen molar-refractivity contribution in [3.05, 3.63) is 52.5 Å². The number of hydrogen-bond acceptors (Lipinski definition) is 9. The Bertz CT molecular complexity index is 1100. The fraction of sp³-hybridized carbons (Fsp3) is 0.333. The number of carbonyl (C=O) groups excluding carboxylic acids is 1. The van der Waals surface area contributed by atoms with E-state index in [2.05, 4.69) is 30.1 Å². The van der Waals surface area contributed by atoms with Crippen molar-refractivity contribution < 1.29 is 9.90 Å². The number of nitrogens with zero attached hydrogens (tertiary/aromatic N) is 4. The molecule has 3 N–H and O–H groups in total. The fourth-order valence-electron chi connectivity index (χ4n) is 3.85. The molecule has 0 spiro atoms. The summed E-state index contributed by atoms with van der Waals surface area (Å²) < 4.78 is 0.816. The van der Waals surface area contributed by atoms with Crippen LogP contribution in [0.1, 0.15) is 44.6 Å². The number of rotatable bonds is 4. The number of ketones is 1. The molecule has 2 aromatic rings. The van der Waals surface area contributed by atoms with Crippen LogP contribution in [-0.4, -0.2) is 26.3 Å². The maximum Gasteiger partial charge on any atom is 0.219 e. The van der Waals surface area contributed by atoms with Gasteiger partial charge in [0.25, 0.3) is 0 Å². The summed E-state index contributed by atoms with van der Waals surface area (Å²) in [6.07, 6.45) is 1.82. The van der Waals surface area contributed by atoms with Crippen molar-refractivity contribution in [3.63, 3.8) is 0 Å². The van der Waals surface area contributed by atoms with Crippen molar-refractivity contribution in [1.29, 1.82) is 5.26 Å². The Hall–Kier alpha value is -2.83. The maximum atomic E-state index is 13.0. The Morgan fingerprint density at radius 2 is 2.03 bits per heavy atom. The van der Waals surface area contributed by atoms with Gasteiger partial charge in [-0.25, -0.2) is 0 Å².